The Labute approximate surface area is 146 Å². The molecule has 1 saturated carbocycles. The lowest BCUT2D eigenvalue weighted by atomic mass is 9.75. The first-order chi connectivity index (χ1) is 12.1. The molecule has 0 saturated heterocycles. The molecule has 1 aliphatic rings. The molecule has 4 rings (SSSR count). The molecule has 0 unspecified atom stereocenters. The zero-order valence-electron chi connectivity index (χ0n) is 14.2. The van der Waals surface area contributed by atoms with Crippen LogP contribution in [-0.4, -0.2) is 31.5 Å². The SMILES string of the molecule is Cn1cc([C@@H](NC(=O)Cn2ccc3ccccc32)C2CC(O)C2)cn1. The van der Waals surface area contributed by atoms with E-state index in [4.69, 9.17) is 0 Å². The molecule has 1 fully saturated rings. The van der Waals surface area contributed by atoms with Crippen LogP contribution in [0.2, 0.25) is 0 Å². The number of carbonyl (C=O) groups excluding carboxylic acids is 1. The van der Waals surface area contributed by atoms with Gasteiger partial charge in [0.1, 0.15) is 6.54 Å². The van der Waals surface area contributed by atoms with Gasteiger partial charge in [-0.15, -0.1) is 0 Å². The lowest BCUT2D eigenvalue weighted by Gasteiger charge is -2.37. The quantitative estimate of drug-likeness (QED) is 0.747. The Bertz CT molecular complexity index is 892. The van der Waals surface area contributed by atoms with Crippen molar-refractivity contribution in [1.82, 2.24) is 19.7 Å². The topological polar surface area (TPSA) is 72.1 Å². The van der Waals surface area contributed by atoms with Crippen LogP contribution in [0.4, 0.5) is 0 Å². The zero-order valence-corrected chi connectivity index (χ0v) is 14.2. The van der Waals surface area contributed by atoms with E-state index in [9.17, 15) is 9.90 Å². The van der Waals surface area contributed by atoms with Crippen LogP contribution in [0.25, 0.3) is 10.9 Å². The van der Waals surface area contributed by atoms with E-state index in [-0.39, 0.29) is 30.5 Å². The molecule has 3 aromatic rings. The van der Waals surface area contributed by atoms with E-state index >= 15 is 0 Å². The molecule has 1 aromatic carbocycles. The molecular weight excluding hydrogens is 316 g/mol. The van der Waals surface area contributed by atoms with Crippen molar-refractivity contribution in [3.63, 3.8) is 0 Å². The highest BCUT2D eigenvalue weighted by Gasteiger charge is 2.36. The van der Waals surface area contributed by atoms with Crippen LogP contribution in [0.1, 0.15) is 24.4 Å². The lowest BCUT2D eigenvalue weighted by Crippen LogP contribution is -2.42. The standard InChI is InChI=1S/C19H22N4O2/c1-22-11-15(10-20-22)19(14-8-16(24)9-14)21-18(25)12-23-7-6-13-4-2-3-5-17(13)23/h2-7,10-11,14,16,19,24H,8-9,12H2,1H3,(H,21,25)/t14?,16?,19-/m0/s1. The highest BCUT2D eigenvalue weighted by atomic mass is 16.3. The molecular formula is C19H22N4O2. The van der Waals surface area contributed by atoms with Gasteiger partial charge in [-0.2, -0.15) is 5.10 Å². The van der Waals surface area contributed by atoms with E-state index < -0.39 is 0 Å². The number of hydrogen-bond acceptors (Lipinski definition) is 3. The maximum atomic E-state index is 12.6. The molecule has 130 valence electrons. The summed E-state index contributed by atoms with van der Waals surface area (Å²) in [4.78, 5) is 12.6. The van der Waals surface area contributed by atoms with E-state index in [0.717, 1.165) is 16.5 Å². The summed E-state index contributed by atoms with van der Waals surface area (Å²) in [6.07, 6.45) is 6.84. The molecule has 6 nitrogen and oxygen atoms in total. The number of aromatic nitrogens is 3. The van der Waals surface area contributed by atoms with Gasteiger partial charge in [0, 0.05) is 30.5 Å². The maximum absolute atomic E-state index is 12.6. The van der Waals surface area contributed by atoms with Crippen molar-refractivity contribution in [3.8, 4) is 0 Å². The second-order valence-electron chi connectivity index (χ2n) is 6.88. The second-order valence-corrected chi connectivity index (χ2v) is 6.88. The Hall–Kier alpha value is -2.60. The first-order valence-corrected chi connectivity index (χ1v) is 8.60. The zero-order chi connectivity index (χ0) is 17.4. The number of nitrogens with zero attached hydrogens (tertiary/aromatic N) is 3. The number of aryl methyl sites for hydroxylation is 1. The highest BCUT2D eigenvalue weighted by Crippen LogP contribution is 2.37. The number of fused-ring (bicyclic) bond motifs is 1. The third kappa shape index (κ3) is 3.17. The van der Waals surface area contributed by atoms with Gasteiger partial charge < -0.3 is 15.0 Å². The molecule has 0 spiro atoms. The summed E-state index contributed by atoms with van der Waals surface area (Å²) in [6.45, 7) is 0.277. The van der Waals surface area contributed by atoms with Crippen molar-refractivity contribution in [2.24, 2.45) is 13.0 Å². The van der Waals surface area contributed by atoms with E-state index in [2.05, 4.69) is 10.4 Å². The number of para-hydroxylation sites is 1. The third-order valence-electron chi connectivity index (χ3n) is 5.02. The van der Waals surface area contributed by atoms with E-state index in [1.807, 2.05) is 54.3 Å². The van der Waals surface area contributed by atoms with Crippen LogP contribution in [0.5, 0.6) is 0 Å². The van der Waals surface area contributed by atoms with E-state index in [1.165, 1.54) is 0 Å². The number of carbonyl (C=O) groups is 1. The van der Waals surface area contributed by atoms with Gasteiger partial charge in [-0.3, -0.25) is 9.48 Å². The molecule has 1 amide bonds. The van der Waals surface area contributed by atoms with Gasteiger partial charge >= 0.3 is 0 Å². The number of aliphatic hydroxyl groups is 1. The first-order valence-electron chi connectivity index (χ1n) is 8.60. The predicted octanol–water partition coefficient (Wildman–Crippen LogP) is 2.00. The van der Waals surface area contributed by atoms with Gasteiger partial charge in [0.05, 0.1) is 18.3 Å². The van der Waals surface area contributed by atoms with Gasteiger partial charge in [-0.25, -0.2) is 0 Å². The largest absolute Gasteiger partial charge is 0.393 e. The first kappa shape index (κ1) is 15.9. The summed E-state index contributed by atoms with van der Waals surface area (Å²) < 4.78 is 3.70. The summed E-state index contributed by atoms with van der Waals surface area (Å²) in [6, 6.07) is 9.94. The van der Waals surface area contributed by atoms with Gasteiger partial charge in [0.2, 0.25) is 5.91 Å². The Morgan fingerprint density at radius 2 is 2.16 bits per heavy atom. The van der Waals surface area contributed by atoms with Crippen LogP contribution < -0.4 is 5.32 Å². The molecule has 2 aromatic heterocycles. The summed E-state index contributed by atoms with van der Waals surface area (Å²) in [5.74, 6) is 0.223. The lowest BCUT2D eigenvalue weighted by molar-refractivity contribution is -0.123. The number of rotatable bonds is 5. The number of benzene rings is 1. The number of nitrogens with one attached hydrogen (secondary N) is 1. The average Bonchev–Trinajstić information content (AvgIpc) is 3.17. The fraction of sp³-hybridized carbons (Fsp3) is 0.368. The minimum Gasteiger partial charge on any atom is -0.393 e. The van der Waals surface area contributed by atoms with Crippen molar-refractivity contribution in [1.29, 1.82) is 0 Å². The van der Waals surface area contributed by atoms with Gasteiger partial charge in [-0.1, -0.05) is 18.2 Å². The fourth-order valence-corrected chi connectivity index (χ4v) is 3.63. The Morgan fingerprint density at radius 1 is 1.36 bits per heavy atom. The van der Waals surface area contributed by atoms with Gasteiger partial charge in [-0.05, 0) is 36.3 Å². The number of hydrogen-bond donors (Lipinski definition) is 2. The smallest absolute Gasteiger partial charge is 0.240 e. The Balaban J connectivity index is 1.50. The monoisotopic (exact) mass is 338 g/mol. The molecule has 1 aliphatic carbocycles. The van der Waals surface area contributed by atoms with E-state index in [0.29, 0.717) is 12.8 Å². The molecule has 25 heavy (non-hydrogen) atoms. The van der Waals surface area contributed by atoms with Gasteiger partial charge in [0.15, 0.2) is 0 Å². The van der Waals surface area contributed by atoms with Crippen LogP contribution in [-0.2, 0) is 18.4 Å². The van der Waals surface area contributed by atoms with Crippen molar-refractivity contribution in [2.45, 2.75) is 31.5 Å². The second kappa shape index (κ2) is 6.37. The molecule has 2 heterocycles. The average molecular weight is 338 g/mol. The molecule has 6 heteroatoms. The van der Waals surface area contributed by atoms with Crippen LogP contribution in [0, 0.1) is 5.92 Å². The molecule has 0 aliphatic heterocycles. The molecule has 0 bridgehead atoms. The van der Waals surface area contributed by atoms with Crippen LogP contribution in [0.3, 0.4) is 0 Å². The van der Waals surface area contributed by atoms with Crippen molar-refractivity contribution in [2.75, 3.05) is 0 Å². The highest BCUT2D eigenvalue weighted by molar-refractivity contribution is 5.83. The van der Waals surface area contributed by atoms with Crippen LogP contribution >= 0.6 is 0 Å². The molecule has 2 N–H and O–H groups in total. The summed E-state index contributed by atoms with van der Waals surface area (Å²) >= 11 is 0. The summed E-state index contributed by atoms with van der Waals surface area (Å²) in [5.41, 5.74) is 2.04. The van der Waals surface area contributed by atoms with Gasteiger partial charge in [0.25, 0.3) is 0 Å². The fourth-order valence-electron chi connectivity index (χ4n) is 3.63. The van der Waals surface area contributed by atoms with Crippen molar-refractivity contribution in [3.05, 3.63) is 54.5 Å². The Morgan fingerprint density at radius 3 is 2.88 bits per heavy atom. The summed E-state index contributed by atoms with van der Waals surface area (Å²) in [5, 5.41) is 18.1. The number of aliphatic hydroxyl groups excluding tert-OH is 1. The van der Waals surface area contributed by atoms with Crippen molar-refractivity contribution < 1.29 is 9.90 Å². The molecule has 0 radical (unpaired) electrons. The maximum Gasteiger partial charge on any atom is 0.240 e. The van der Waals surface area contributed by atoms with E-state index in [1.54, 1.807) is 10.9 Å². The minimum atomic E-state index is -0.255. The predicted molar refractivity (Wildman–Crippen MR) is 94.8 cm³/mol. The molecule has 1 atom stereocenters. The number of amides is 1. The normalized spacial score (nSPS) is 21.0. The Kier molecular flexibility index (Phi) is 4.05. The minimum absolute atomic E-state index is 0.0309. The van der Waals surface area contributed by atoms with Crippen molar-refractivity contribution >= 4 is 16.8 Å². The summed E-state index contributed by atoms with van der Waals surface area (Å²) in [7, 11) is 1.87. The van der Waals surface area contributed by atoms with Crippen LogP contribution in [0.15, 0.2) is 48.9 Å². The third-order valence-corrected chi connectivity index (χ3v) is 5.02.